The van der Waals surface area contributed by atoms with Gasteiger partial charge in [0.2, 0.25) is 11.9 Å². The van der Waals surface area contributed by atoms with Crippen LogP contribution < -0.4 is 23.7 Å². The second-order valence-corrected chi connectivity index (χ2v) is 15.7. The Morgan fingerprint density at radius 2 is 1.53 bits per heavy atom. The van der Waals surface area contributed by atoms with Gasteiger partial charge in [-0.3, -0.25) is 19.3 Å². The number of aromatic nitrogens is 2. The van der Waals surface area contributed by atoms with E-state index in [2.05, 4.69) is 14.4 Å². The van der Waals surface area contributed by atoms with Gasteiger partial charge < -0.3 is 23.8 Å². The molecule has 16 nitrogen and oxygen atoms in total. The van der Waals surface area contributed by atoms with Gasteiger partial charge in [0.25, 0.3) is 17.8 Å². The number of hydrogen-bond acceptors (Lipinski definition) is 14. The topological polar surface area (TPSA) is 196 Å². The number of Topliss-reactive ketones (excluding diaryl/α,β-unsaturated/α-hetero) is 1. The number of ether oxygens (including phenoxy) is 4. The number of benzene rings is 3. The molecule has 5 aromatic rings. The third-order valence-electron chi connectivity index (χ3n) is 9.31. The molecule has 1 aliphatic rings. The quantitative estimate of drug-likeness (QED) is 0.0277. The second-order valence-electron chi connectivity index (χ2n) is 13.6. The number of hydrogen-bond donors (Lipinski definition) is 2. The third-order valence-corrected chi connectivity index (χ3v) is 10.4. The van der Waals surface area contributed by atoms with E-state index in [0.717, 1.165) is 15.9 Å². The van der Waals surface area contributed by atoms with Crippen LogP contribution in [0.25, 0.3) is 0 Å². The number of aryl methyl sites for hydroxylation is 1. The highest BCUT2D eigenvalue weighted by atomic mass is 32.3. The molecule has 2 atom stereocenters. The summed E-state index contributed by atoms with van der Waals surface area (Å²) in [6.07, 6.45) is -0.227. The first-order chi connectivity index (χ1) is 27.7. The third kappa shape index (κ3) is 9.71. The molecule has 1 saturated heterocycles. The van der Waals surface area contributed by atoms with E-state index < -0.39 is 46.1 Å². The molecule has 3 aromatic carbocycles. The average Bonchev–Trinajstić information content (AvgIpc) is 3.65. The smallest absolute Gasteiger partial charge is 0.418 e. The van der Waals surface area contributed by atoms with E-state index >= 15 is 0 Å². The minimum Gasteiger partial charge on any atom is -0.497 e. The van der Waals surface area contributed by atoms with Crippen LogP contribution in [0.3, 0.4) is 0 Å². The van der Waals surface area contributed by atoms with Crippen molar-refractivity contribution >= 4 is 39.1 Å². The number of methoxy groups -OCH3 is 2. The number of rotatable bonds is 18. The molecule has 304 valence electrons. The van der Waals surface area contributed by atoms with Gasteiger partial charge in [0.1, 0.15) is 30.4 Å². The molecule has 2 aromatic heterocycles. The standard InChI is InChI=1S/C40H40N4O12S2/c1-25-41-32(24-57-25)37(34(45)19-31-39(46)44(40(31,2)3)56-58(48,49)50)42-55-38(28-9-7-6-8-10-28)33-20-35(53-22-26-11-15-29(51-4)16-12-26)36(21-43(33)47)54-23-27-13-17-30(52-5)18-14-27/h6-18,20-21,24,31,38H,19,22-23H2,1-5H3,(H-,47,48,49,50)/p+1/b42-37-/t31-,38?/m1/s1. The van der Waals surface area contributed by atoms with E-state index in [4.69, 9.17) is 28.3 Å². The van der Waals surface area contributed by atoms with E-state index in [1.54, 1.807) is 75.1 Å². The Kier molecular flexibility index (Phi) is 12.6. The van der Waals surface area contributed by atoms with Crippen molar-refractivity contribution in [2.24, 2.45) is 11.1 Å². The lowest BCUT2D eigenvalue weighted by atomic mass is 9.74. The fourth-order valence-electron chi connectivity index (χ4n) is 6.08. The van der Waals surface area contributed by atoms with Crippen molar-refractivity contribution in [3.8, 4) is 23.0 Å². The summed E-state index contributed by atoms with van der Waals surface area (Å²) in [5, 5.41) is 18.6. The minimum absolute atomic E-state index is 0.123. The van der Waals surface area contributed by atoms with Gasteiger partial charge in [0.05, 0.1) is 36.8 Å². The van der Waals surface area contributed by atoms with Crippen molar-refractivity contribution in [2.75, 3.05) is 14.2 Å². The molecule has 6 rings (SSSR count). The van der Waals surface area contributed by atoms with E-state index in [9.17, 15) is 23.2 Å². The molecule has 0 aliphatic carbocycles. The molecule has 1 aliphatic heterocycles. The summed E-state index contributed by atoms with van der Waals surface area (Å²) in [6.45, 7) is 4.97. The summed E-state index contributed by atoms with van der Waals surface area (Å²) in [6, 6.07) is 25.0. The monoisotopic (exact) mass is 833 g/mol. The molecule has 1 unspecified atom stereocenters. The Bertz CT molecular complexity index is 2390. The number of thiazole rings is 1. The maximum absolute atomic E-state index is 14.0. The predicted molar refractivity (Wildman–Crippen MR) is 208 cm³/mol. The fourth-order valence-corrected chi connectivity index (χ4v) is 7.14. The summed E-state index contributed by atoms with van der Waals surface area (Å²) in [7, 11) is -1.84. The fraction of sp³-hybridized carbons (Fsp3) is 0.275. The van der Waals surface area contributed by atoms with Crippen LogP contribution in [0, 0.1) is 12.8 Å². The van der Waals surface area contributed by atoms with Gasteiger partial charge in [-0.25, -0.2) is 4.98 Å². The van der Waals surface area contributed by atoms with Crippen LogP contribution in [-0.4, -0.2) is 65.4 Å². The highest BCUT2D eigenvalue weighted by Crippen LogP contribution is 2.41. The Morgan fingerprint density at radius 3 is 2.05 bits per heavy atom. The number of pyridine rings is 1. The largest absolute Gasteiger partial charge is 0.497 e. The first-order valence-electron chi connectivity index (χ1n) is 17.7. The SMILES string of the molecule is COc1ccc(COc2cc(C(O/N=C(\C(=O)C[C@@H]3C(=O)N(OS(=O)(=O)O)C3(C)C)c3csc(C)n3)c3ccccc3)[n+](O)cc2OCc2ccc(OC)cc2)cc1. The van der Waals surface area contributed by atoms with E-state index in [0.29, 0.717) is 27.1 Å². The van der Waals surface area contributed by atoms with Crippen LogP contribution in [-0.2, 0) is 42.3 Å². The second kappa shape index (κ2) is 17.6. The molecular weight excluding hydrogens is 793 g/mol. The molecule has 58 heavy (non-hydrogen) atoms. The van der Waals surface area contributed by atoms with Crippen LogP contribution in [0.4, 0.5) is 0 Å². The van der Waals surface area contributed by atoms with Gasteiger partial charge in [0, 0.05) is 22.1 Å². The summed E-state index contributed by atoms with van der Waals surface area (Å²) >= 11 is 1.26. The highest BCUT2D eigenvalue weighted by Gasteiger charge is 2.57. The lowest BCUT2D eigenvalue weighted by Gasteiger charge is -2.50. The van der Waals surface area contributed by atoms with Crippen LogP contribution >= 0.6 is 11.3 Å². The number of β-lactam (4-membered cyclic amide) rings is 1. The zero-order valence-electron chi connectivity index (χ0n) is 32.1. The van der Waals surface area contributed by atoms with E-state index in [1.165, 1.54) is 31.4 Å². The molecule has 3 heterocycles. The highest BCUT2D eigenvalue weighted by molar-refractivity contribution is 7.80. The molecule has 1 fully saturated rings. The van der Waals surface area contributed by atoms with E-state index in [-0.39, 0.29) is 41.8 Å². The van der Waals surface area contributed by atoms with Gasteiger partial charge in [-0.1, -0.05) is 59.8 Å². The summed E-state index contributed by atoms with van der Waals surface area (Å²) in [5.74, 6) is -0.672. The molecule has 18 heteroatoms. The Hall–Kier alpha value is -6.08. The summed E-state index contributed by atoms with van der Waals surface area (Å²) in [5.41, 5.74) is 1.01. The van der Waals surface area contributed by atoms with Gasteiger partial charge in [-0.05, 0) is 56.2 Å². The van der Waals surface area contributed by atoms with Gasteiger partial charge in [-0.2, -0.15) is 13.5 Å². The number of oxime groups is 1. The molecule has 0 radical (unpaired) electrons. The van der Waals surface area contributed by atoms with Crippen molar-refractivity contribution in [3.05, 3.63) is 130 Å². The normalized spacial score (nSPS) is 15.6. The predicted octanol–water partition coefficient (Wildman–Crippen LogP) is 5.59. The molecule has 1 amide bonds. The van der Waals surface area contributed by atoms with Gasteiger partial charge in [0.15, 0.2) is 17.2 Å². The maximum Gasteiger partial charge on any atom is 0.418 e. The Balaban J connectivity index is 1.35. The van der Waals surface area contributed by atoms with Crippen LogP contribution in [0.5, 0.6) is 23.0 Å². The molecule has 0 spiro atoms. The first kappa shape index (κ1) is 41.6. The number of carbonyl (C=O) groups is 2. The lowest BCUT2D eigenvalue weighted by Crippen LogP contribution is -2.68. The number of hydroxylamine groups is 2. The van der Waals surface area contributed by atoms with Crippen LogP contribution in [0.1, 0.15) is 59.5 Å². The lowest BCUT2D eigenvalue weighted by molar-refractivity contribution is -0.911. The number of ketones is 1. The maximum atomic E-state index is 14.0. The van der Waals surface area contributed by atoms with Crippen molar-refractivity contribution in [1.82, 2.24) is 10.0 Å². The Labute approximate surface area is 338 Å². The van der Waals surface area contributed by atoms with E-state index in [1.807, 2.05) is 36.4 Å². The van der Waals surface area contributed by atoms with Crippen molar-refractivity contribution < 1.29 is 60.6 Å². The summed E-state index contributed by atoms with van der Waals surface area (Å²) in [4.78, 5) is 37.5. The number of nitrogens with zero attached hydrogens (tertiary/aromatic N) is 4. The van der Waals surface area contributed by atoms with Crippen molar-refractivity contribution in [3.63, 3.8) is 0 Å². The Morgan fingerprint density at radius 1 is 0.948 bits per heavy atom. The zero-order chi connectivity index (χ0) is 41.6. The molecule has 2 N–H and O–H groups in total. The zero-order valence-corrected chi connectivity index (χ0v) is 33.7. The molecule has 0 bridgehead atoms. The van der Waals surface area contributed by atoms with Crippen LogP contribution in [0.2, 0.25) is 0 Å². The van der Waals surface area contributed by atoms with Gasteiger partial charge >= 0.3 is 10.4 Å². The average molecular weight is 834 g/mol. The summed E-state index contributed by atoms with van der Waals surface area (Å²) < 4.78 is 60.2. The first-order valence-corrected chi connectivity index (χ1v) is 20.0. The number of amides is 1. The minimum atomic E-state index is -5.00. The van der Waals surface area contributed by atoms with Gasteiger partial charge in [-0.15, -0.1) is 15.6 Å². The van der Waals surface area contributed by atoms with Crippen molar-refractivity contribution in [1.29, 1.82) is 0 Å². The molecular formula is C40H41N4O12S2+. The van der Waals surface area contributed by atoms with Crippen molar-refractivity contribution in [2.45, 2.75) is 52.0 Å². The number of carbonyl (C=O) groups excluding carboxylic acids is 2. The van der Waals surface area contributed by atoms with Crippen LogP contribution in [0.15, 0.2) is 102 Å². The molecule has 0 saturated carbocycles.